The molecule has 1 fully saturated rings. The van der Waals surface area contributed by atoms with E-state index in [1.54, 1.807) is 12.4 Å². The van der Waals surface area contributed by atoms with Gasteiger partial charge in [0, 0.05) is 18.9 Å². The second kappa shape index (κ2) is 5.12. The Morgan fingerprint density at radius 3 is 3.00 bits per heavy atom. The van der Waals surface area contributed by atoms with E-state index in [9.17, 15) is 4.79 Å². The van der Waals surface area contributed by atoms with Crippen LogP contribution in [0.5, 0.6) is 0 Å². The highest BCUT2D eigenvalue weighted by atomic mass is 16.5. The first-order valence-corrected chi connectivity index (χ1v) is 5.95. The van der Waals surface area contributed by atoms with Crippen LogP contribution in [0.25, 0.3) is 0 Å². The molecule has 0 aliphatic carbocycles. The van der Waals surface area contributed by atoms with Crippen LogP contribution in [0, 0.1) is 6.92 Å². The maximum atomic E-state index is 11.8. The zero-order valence-corrected chi connectivity index (χ0v) is 10.2. The van der Waals surface area contributed by atoms with Crippen molar-refractivity contribution in [1.82, 2.24) is 9.97 Å². The van der Waals surface area contributed by atoms with Crippen molar-refractivity contribution >= 4 is 11.8 Å². The normalized spacial score (nSPS) is 19.4. The summed E-state index contributed by atoms with van der Waals surface area (Å²) in [5.74, 6) is 0.637. The monoisotopic (exact) mass is 235 g/mol. The van der Waals surface area contributed by atoms with E-state index in [4.69, 9.17) is 4.74 Å². The maximum absolute atomic E-state index is 11.8. The van der Waals surface area contributed by atoms with Crippen molar-refractivity contribution in [2.24, 2.45) is 0 Å². The van der Waals surface area contributed by atoms with E-state index in [1.807, 2.05) is 18.7 Å². The summed E-state index contributed by atoms with van der Waals surface area (Å²) < 4.78 is 5.09. The van der Waals surface area contributed by atoms with Gasteiger partial charge in [0.25, 0.3) is 0 Å². The SMILES string of the molecule is CCOC(=O)C1CCCN1c1nccnc1C. The molecule has 1 aliphatic rings. The van der Waals surface area contributed by atoms with Gasteiger partial charge >= 0.3 is 5.97 Å². The Balaban J connectivity index is 2.20. The first-order chi connectivity index (χ1) is 8.24. The first-order valence-electron chi connectivity index (χ1n) is 5.95. The van der Waals surface area contributed by atoms with Crippen LogP contribution in [0.2, 0.25) is 0 Å². The molecule has 0 N–H and O–H groups in total. The van der Waals surface area contributed by atoms with Crippen LogP contribution in [-0.2, 0) is 9.53 Å². The summed E-state index contributed by atoms with van der Waals surface area (Å²) in [5.41, 5.74) is 0.851. The van der Waals surface area contributed by atoms with Gasteiger partial charge in [0.2, 0.25) is 0 Å². The van der Waals surface area contributed by atoms with Crippen molar-refractivity contribution in [2.75, 3.05) is 18.1 Å². The van der Waals surface area contributed by atoms with Gasteiger partial charge < -0.3 is 9.64 Å². The Kier molecular flexibility index (Phi) is 3.56. The van der Waals surface area contributed by atoms with Gasteiger partial charge in [-0.05, 0) is 26.7 Å². The van der Waals surface area contributed by atoms with Crippen LogP contribution in [0.1, 0.15) is 25.5 Å². The van der Waals surface area contributed by atoms with Crippen molar-refractivity contribution in [3.8, 4) is 0 Å². The average molecular weight is 235 g/mol. The number of aryl methyl sites for hydroxylation is 1. The fourth-order valence-electron chi connectivity index (χ4n) is 2.19. The van der Waals surface area contributed by atoms with Crippen LogP contribution >= 0.6 is 0 Å². The quantitative estimate of drug-likeness (QED) is 0.739. The second-order valence-electron chi connectivity index (χ2n) is 4.07. The van der Waals surface area contributed by atoms with E-state index in [2.05, 4.69) is 9.97 Å². The molecule has 5 nitrogen and oxygen atoms in total. The summed E-state index contributed by atoms with van der Waals surface area (Å²) in [7, 11) is 0. The number of esters is 1. The number of hydrogen-bond acceptors (Lipinski definition) is 5. The van der Waals surface area contributed by atoms with E-state index < -0.39 is 0 Å². The molecule has 0 aromatic carbocycles. The van der Waals surface area contributed by atoms with Crippen molar-refractivity contribution in [2.45, 2.75) is 32.7 Å². The Morgan fingerprint density at radius 2 is 2.29 bits per heavy atom. The van der Waals surface area contributed by atoms with Crippen LogP contribution < -0.4 is 4.90 Å². The Morgan fingerprint density at radius 1 is 1.53 bits per heavy atom. The van der Waals surface area contributed by atoms with Gasteiger partial charge in [0.1, 0.15) is 6.04 Å². The molecule has 0 bridgehead atoms. The highest BCUT2D eigenvalue weighted by molar-refractivity contribution is 5.80. The Hall–Kier alpha value is -1.65. The molecule has 1 aromatic heterocycles. The Bertz CT molecular complexity index is 408. The highest BCUT2D eigenvalue weighted by Gasteiger charge is 2.33. The molecule has 1 atom stereocenters. The van der Waals surface area contributed by atoms with Crippen LogP contribution in [0.4, 0.5) is 5.82 Å². The fourth-order valence-corrected chi connectivity index (χ4v) is 2.19. The number of hydrogen-bond donors (Lipinski definition) is 0. The number of carbonyl (C=O) groups is 1. The number of ether oxygens (including phenoxy) is 1. The maximum Gasteiger partial charge on any atom is 0.328 e. The number of rotatable bonds is 3. The molecule has 2 rings (SSSR count). The summed E-state index contributed by atoms with van der Waals surface area (Å²) in [6, 6.07) is -0.203. The molecule has 1 saturated heterocycles. The fraction of sp³-hybridized carbons (Fsp3) is 0.583. The van der Waals surface area contributed by atoms with Crippen LogP contribution in [0.3, 0.4) is 0 Å². The van der Waals surface area contributed by atoms with E-state index in [-0.39, 0.29) is 12.0 Å². The first kappa shape index (κ1) is 11.8. The lowest BCUT2D eigenvalue weighted by atomic mass is 10.2. The second-order valence-corrected chi connectivity index (χ2v) is 4.07. The number of nitrogens with zero attached hydrogens (tertiary/aromatic N) is 3. The minimum atomic E-state index is -0.203. The van der Waals surface area contributed by atoms with Crippen molar-refractivity contribution < 1.29 is 9.53 Å². The van der Waals surface area contributed by atoms with Gasteiger partial charge in [-0.15, -0.1) is 0 Å². The topological polar surface area (TPSA) is 55.3 Å². The summed E-state index contributed by atoms with van der Waals surface area (Å²) in [6.07, 6.45) is 5.13. The smallest absolute Gasteiger partial charge is 0.328 e. The highest BCUT2D eigenvalue weighted by Crippen LogP contribution is 2.25. The van der Waals surface area contributed by atoms with E-state index in [1.165, 1.54) is 0 Å². The minimum absolute atomic E-state index is 0.157. The molecule has 1 aliphatic heterocycles. The zero-order valence-electron chi connectivity index (χ0n) is 10.2. The minimum Gasteiger partial charge on any atom is -0.464 e. The lowest BCUT2D eigenvalue weighted by molar-refractivity contribution is -0.144. The molecule has 1 aromatic rings. The Labute approximate surface area is 101 Å². The molecule has 0 saturated carbocycles. The summed E-state index contributed by atoms with van der Waals surface area (Å²) in [5, 5.41) is 0. The average Bonchev–Trinajstić information content (AvgIpc) is 2.79. The molecule has 5 heteroatoms. The predicted octanol–water partition coefficient (Wildman–Crippen LogP) is 1.32. The van der Waals surface area contributed by atoms with Gasteiger partial charge in [-0.1, -0.05) is 0 Å². The third-order valence-electron chi connectivity index (χ3n) is 2.94. The van der Waals surface area contributed by atoms with Crippen molar-refractivity contribution in [1.29, 1.82) is 0 Å². The van der Waals surface area contributed by atoms with Gasteiger partial charge in [-0.3, -0.25) is 4.98 Å². The molecule has 2 heterocycles. The predicted molar refractivity (Wildman–Crippen MR) is 63.8 cm³/mol. The molecule has 0 amide bonds. The van der Waals surface area contributed by atoms with E-state index in [0.29, 0.717) is 6.61 Å². The molecule has 0 spiro atoms. The van der Waals surface area contributed by atoms with Gasteiger partial charge in [-0.2, -0.15) is 0 Å². The largest absolute Gasteiger partial charge is 0.464 e. The lowest BCUT2D eigenvalue weighted by Gasteiger charge is -2.24. The van der Waals surface area contributed by atoms with Crippen LogP contribution in [-0.4, -0.2) is 35.1 Å². The van der Waals surface area contributed by atoms with Gasteiger partial charge in [-0.25, -0.2) is 9.78 Å². The molecule has 92 valence electrons. The third-order valence-corrected chi connectivity index (χ3v) is 2.94. The van der Waals surface area contributed by atoms with Gasteiger partial charge in [0.05, 0.1) is 12.3 Å². The van der Waals surface area contributed by atoms with E-state index in [0.717, 1.165) is 30.9 Å². The van der Waals surface area contributed by atoms with Gasteiger partial charge in [0.15, 0.2) is 5.82 Å². The molecule has 0 radical (unpaired) electrons. The molecule has 17 heavy (non-hydrogen) atoms. The van der Waals surface area contributed by atoms with Crippen molar-refractivity contribution in [3.05, 3.63) is 18.1 Å². The number of carbonyl (C=O) groups excluding carboxylic acids is 1. The lowest BCUT2D eigenvalue weighted by Crippen LogP contribution is -2.38. The molecule has 1 unspecified atom stereocenters. The molecular weight excluding hydrogens is 218 g/mol. The van der Waals surface area contributed by atoms with E-state index >= 15 is 0 Å². The number of aromatic nitrogens is 2. The standard InChI is InChI=1S/C12H17N3O2/c1-3-17-12(16)10-5-4-8-15(10)11-9(2)13-6-7-14-11/h6-7,10H,3-5,8H2,1-2H3. The third kappa shape index (κ3) is 2.38. The zero-order chi connectivity index (χ0) is 12.3. The summed E-state index contributed by atoms with van der Waals surface area (Å²) in [4.78, 5) is 22.3. The summed E-state index contributed by atoms with van der Waals surface area (Å²) in [6.45, 7) is 4.99. The summed E-state index contributed by atoms with van der Waals surface area (Å²) >= 11 is 0. The van der Waals surface area contributed by atoms with Crippen LogP contribution in [0.15, 0.2) is 12.4 Å². The number of anilines is 1. The molecular formula is C12H17N3O2. The van der Waals surface area contributed by atoms with Crippen molar-refractivity contribution in [3.63, 3.8) is 0 Å².